The molecule has 0 radical (unpaired) electrons. The quantitative estimate of drug-likeness (QED) is 0.696. The average molecular weight is 410 g/mol. The maximum Gasteiger partial charge on any atom is 0.243 e. The van der Waals surface area contributed by atoms with Crippen LogP contribution in [0.3, 0.4) is 0 Å². The van der Waals surface area contributed by atoms with Crippen molar-refractivity contribution in [3.8, 4) is 0 Å². The zero-order chi connectivity index (χ0) is 20.3. The third-order valence-electron chi connectivity index (χ3n) is 4.21. The number of nitrogens with one attached hydrogen (secondary N) is 2. The molecule has 0 unspecified atom stereocenters. The van der Waals surface area contributed by atoms with E-state index in [0.717, 1.165) is 25.0 Å². The van der Waals surface area contributed by atoms with Crippen molar-refractivity contribution < 1.29 is 22.0 Å². The van der Waals surface area contributed by atoms with Gasteiger partial charge in [0, 0.05) is 31.5 Å². The first kappa shape index (κ1) is 20.2. The standard InChI is InChI=1S/C18H20F2N4O3S/c1-24(11-18(25)23-15-7-13(19)6-14(20)8-15)17-5-4-16(10-21-17)28(26,27)22-9-12-2-3-12/h4-8,10,12,22H,2-3,9,11H2,1H3,(H,23,25). The Morgan fingerprint density at radius 2 is 1.89 bits per heavy atom. The third-order valence-corrected chi connectivity index (χ3v) is 5.62. The van der Waals surface area contributed by atoms with E-state index in [0.29, 0.717) is 24.3 Å². The number of benzene rings is 1. The molecule has 10 heteroatoms. The molecule has 3 rings (SSSR count). The van der Waals surface area contributed by atoms with Crippen LogP contribution in [0.5, 0.6) is 0 Å². The zero-order valence-electron chi connectivity index (χ0n) is 15.2. The molecule has 1 aliphatic rings. The molecule has 150 valence electrons. The van der Waals surface area contributed by atoms with E-state index in [1.165, 1.54) is 23.2 Å². The second-order valence-electron chi connectivity index (χ2n) is 6.71. The van der Waals surface area contributed by atoms with Crippen molar-refractivity contribution >= 4 is 27.4 Å². The number of pyridine rings is 1. The highest BCUT2D eigenvalue weighted by atomic mass is 32.2. The van der Waals surface area contributed by atoms with Gasteiger partial charge in [-0.15, -0.1) is 0 Å². The number of anilines is 2. The minimum absolute atomic E-state index is 0.00652. The van der Waals surface area contributed by atoms with E-state index in [4.69, 9.17) is 0 Å². The second kappa shape index (κ2) is 8.19. The zero-order valence-corrected chi connectivity index (χ0v) is 16.0. The molecule has 7 nitrogen and oxygen atoms in total. The van der Waals surface area contributed by atoms with Gasteiger partial charge in [0.2, 0.25) is 15.9 Å². The lowest BCUT2D eigenvalue weighted by Crippen LogP contribution is -2.31. The Balaban J connectivity index is 1.59. The van der Waals surface area contributed by atoms with E-state index in [1.807, 2.05) is 0 Å². The summed E-state index contributed by atoms with van der Waals surface area (Å²) in [4.78, 5) is 17.7. The lowest BCUT2D eigenvalue weighted by molar-refractivity contribution is -0.114. The molecule has 1 amide bonds. The normalized spacial score (nSPS) is 14.0. The summed E-state index contributed by atoms with van der Waals surface area (Å²) in [6.07, 6.45) is 3.30. The van der Waals surface area contributed by atoms with Gasteiger partial charge >= 0.3 is 0 Å². The van der Waals surface area contributed by atoms with Gasteiger partial charge in [-0.25, -0.2) is 26.9 Å². The van der Waals surface area contributed by atoms with Crippen molar-refractivity contribution in [3.05, 3.63) is 48.2 Å². The van der Waals surface area contributed by atoms with E-state index in [-0.39, 0.29) is 17.1 Å². The smallest absolute Gasteiger partial charge is 0.243 e. The van der Waals surface area contributed by atoms with Crippen molar-refractivity contribution in [3.63, 3.8) is 0 Å². The van der Waals surface area contributed by atoms with Gasteiger partial charge in [0.1, 0.15) is 22.3 Å². The molecule has 0 aliphatic heterocycles. The topological polar surface area (TPSA) is 91.4 Å². The van der Waals surface area contributed by atoms with E-state index >= 15 is 0 Å². The van der Waals surface area contributed by atoms with Crippen LogP contribution < -0.4 is 14.9 Å². The molecule has 1 aromatic carbocycles. The van der Waals surface area contributed by atoms with Crippen LogP contribution in [-0.4, -0.2) is 39.4 Å². The second-order valence-corrected chi connectivity index (χ2v) is 8.48. The van der Waals surface area contributed by atoms with Crippen molar-refractivity contribution in [2.24, 2.45) is 5.92 Å². The number of amides is 1. The Bertz CT molecular complexity index is 943. The van der Waals surface area contributed by atoms with Crippen LogP contribution in [0.25, 0.3) is 0 Å². The summed E-state index contributed by atoms with van der Waals surface area (Å²) >= 11 is 0. The number of halogens is 2. The number of hydrogen-bond acceptors (Lipinski definition) is 5. The van der Waals surface area contributed by atoms with E-state index < -0.39 is 27.6 Å². The maximum absolute atomic E-state index is 13.2. The monoisotopic (exact) mass is 410 g/mol. The van der Waals surface area contributed by atoms with Crippen LogP contribution >= 0.6 is 0 Å². The number of likely N-dealkylation sites (N-methyl/N-ethyl adjacent to an activating group) is 1. The largest absolute Gasteiger partial charge is 0.350 e. The first-order valence-electron chi connectivity index (χ1n) is 8.66. The molecule has 1 aromatic heterocycles. The fourth-order valence-corrected chi connectivity index (χ4v) is 3.57. The van der Waals surface area contributed by atoms with Crippen molar-refractivity contribution in [1.29, 1.82) is 0 Å². The first-order valence-corrected chi connectivity index (χ1v) is 10.1. The van der Waals surface area contributed by atoms with E-state index in [1.54, 1.807) is 7.05 Å². The molecule has 0 bridgehead atoms. The van der Waals surface area contributed by atoms with Crippen LogP contribution in [0.4, 0.5) is 20.3 Å². The number of carbonyl (C=O) groups is 1. The van der Waals surface area contributed by atoms with Crippen molar-refractivity contribution in [2.75, 3.05) is 30.4 Å². The lowest BCUT2D eigenvalue weighted by Gasteiger charge is -2.18. The molecule has 1 aliphatic carbocycles. The molecule has 0 atom stereocenters. The summed E-state index contributed by atoms with van der Waals surface area (Å²) in [5.74, 6) is -1.30. The lowest BCUT2D eigenvalue weighted by atomic mass is 10.3. The minimum atomic E-state index is -3.61. The van der Waals surface area contributed by atoms with E-state index in [2.05, 4.69) is 15.0 Å². The maximum atomic E-state index is 13.2. The molecule has 1 saturated carbocycles. The fourth-order valence-electron chi connectivity index (χ4n) is 2.51. The average Bonchev–Trinajstić information content (AvgIpc) is 3.43. The number of hydrogen-bond donors (Lipinski definition) is 2. The van der Waals surface area contributed by atoms with Gasteiger partial charge in [0.05, 0.1) is 6.54 Å². The Morgan fingerprint density at radius 3 is 2.46 bits per heavy atom. The molecular formula is C18H20F2N4O3S. The summed E-state index contributed by atoms with van der Waals surface area (Å²) in [5, 5.41) is 2.40. The summed E-state index contributed by atoms with van der Waals surface area (Å²) in [6.45, 7) is 0.280. The molecular weight excluding hydrogens is 390 g/mol. The number of nitrogens with zero attached hydrogens (tertiary/aromatic N) is 2. The molecule has 28 heavy (non-hydrogen) atoms. The van der Waals surface area contributed by atoms with Gasteiger partial charge in [-0.2, -0.15) is 0 Å². The summed E-state index contributed by atoms with van der Waals surface area (Å²) < 4.78 is 53.3. The Labute approximate surface area is 161 Å². The number of rotatable bonds is 8. The highest BCUT2D eigenvalue weighted by Gasteiger charge is 2.24. The van der Waals surface area contributed by atoms with Gasteiger partial charge in [-0.05, 0) is 43.0 Å². The Morgan fingerprint density at radius 1 is 1.21 bits per heavy atom. The van der Waals surface area contributed by atoms with Crippen LogP contribution in [0.2, 0.25) is 0 Å². The number of sulfonamides is 1. The van der Waals surface area contributed by atoms with Gasteiger partial charge in [-0.3, -0.25) is 4.79 Å². The molecule has 2 aromatic rings. The van der Waals surface area contributed by atoms with Crippen LogP contribution in [-0.2, 0) is 14.8 Å². The molecule has 0 saturated heterocycles. The predicted molar refractivity (Wildman–Crippen MR) is 100 cm³/mol. The van der Waals surface area contributed by atoms with Crippen LogP contribution in [0.15, 0.2) is 41.4 Å². The molecule has 1 fully saturated rings. The first-order chi connectivity index (χ1) is 13.2. The minimum Gasteiger partial charge on any atom is -0.350 e. The molecule has 1 heterocycles. The number of carbonyl (C=O) groups excluding carboxylic acids is 1. The van der Waals surface area contributed by atoms with Gasteiger partial charge in [0.15, 0.2) is 0 Å². The third kappa shape index (κ3) is 5.46. The highest BCUT2D eigenvalue weighted by molar-refractivity contribution is 7.89. The van der Waals surface area contributed by atoms with Gasteiger partial charge in [0.25, 0.3) is 0 Å². The van der Waals surface area contributed by atoms with Gasteiger partial charge in [-0.1, -0.05) is 0 Å². The number of aromatic nitrogens is 1. The molecule has 0 spiro atoms. The Hall–Kier alpha value is -2.59. The summed E-state index contributed by atoms with van der Waals surface area (Å²) in [5.41, 5.74) is 0.00652. The van der Waals surface area contributed by atoms with Crippen molar-refractivity contribution in [1.82, 2.24) is 9.71 Å². The molecule has 2 N–H and O–H groups in total. The van der Waals surface area contributed by atoms with Crippen molar-refractivity contribution in [2.45, 2.75) is 17.7 Å². The van der Waals surface area contributed by atoms with Crippen LogP contribution in [0, 0.1) is 17.6 Å². The fraction of sp³-hybridized carbons (Fsp3) is 0.333. The van der Waals surface area contributed by atoms with Gasteiger partial charge < -0.3 is 10.2 Å². The summed E-state index contributed by atoms with van der Waals surface area (Å²) in [6, 6.07) is 5.62. The van der Waals surface area contributed by atoms with E-state index in [9.17, 15) is 22.0 Å². The Kier molecular flexibility index (Phi) is 5.90. The SMILES string of the molecule is CN(CC(=O)Nc1cc(F)cc(F)c1)c1ccc(S(=O)(=O)NCC2CC2)cn1. The summed E-state index contributed by atoms with van der Waals surface area (Å²) in [7, 11) is -2.02. The highest BCUT2D eigenvalue weighted by Crippen LogP contribution is 2.28. The predicted octanol–water partition coefficient (Wildman–Crippen LogP) is 2.12. The van der Waals surface area contributed by atoms with Crippen LogP contribution in [0.1, 0.15) is 12.8 Å².